The van der Waals surface area contributed by atoms with E-state index >= 15 is 0 Å². The summed E-state index contributed by atoms with van der Waals surface area (Å²) in [6.45, 7) is 7.62. The van der Waals surface area contributed by atoms with Crippen LogP contribution in [0.3, 0.4) is 0 Å². The van der Waals surface area contributed by atoms with Crippen LogP contribution in [0, 0.1) is 5.82 Å². The number of piperazine rings is 1. The van der Waals surface area contributed by atoms with Crippen molar-refractivity contribution in [3.05, 3.63) is 71.1 Å². The molecule has 2 N–H and O–H groups in total. The van der Waals surface area contributed by atoms with Crippen LogP contribution < -0.4 is 10.2 Å². The SMILES string of the molecule is CCN1CCN(c2ccc(Nc3ncnc4c(C=Cc5cc(F)ccc5O)csc34)cc2)CC1. The maximum Gasteiger partial charge on any atom is 0.151 e. The van der Waals surface area contributed by atoms with E-state index in [0.717, 1.165) is 60.0 Å². The third-order valence-corrected chi connectivity index (χ3v) is 7.12. The van der Waals surface area contributed by atoms with E-state index in [1.165, 1.54) is 30.2 Å². The van der Waals surface area contributed by atoms with Gasteiger partial charge in [0.25, 0.3) is 0 Å². The Hall–Kier alpha value is -3.49. The highest BCUT2D eigenvalue weighted by Gasteiger charge is 2.16. The molecule has 34 heavy (non-hydrogen) atoms. The molecule has 0 unspecified atom stereocenters. The van der Waals surface area contributed by atoms with Crippen molar-refractivity contribution in [1.29, 1.82) is 0 Å². The van der Waals surface area contributed by atoms with Gasteiger partial charge in [0.1, 0.15) is 17.9 Å². The summed E-state index contributed by atoms with van der Waals surface area (Å²) in [6.07, 6.45) is 5.06. The number of rotatable bonds is 6. The summed E-state index contributed by atoms with van der Waals surface area (Å²) in [4.78, 5) is 13.8. The van der Waals surface area contributed by atoms with Gasteiger partial charge in [-0.25, -0.2) is 14.4 Å². The summed E-state index contributed by atoms with van der Waals surface area (Å²) >= 11 is 1.54. The van der Waals surface area contributed by atoms with Crippen LogP contribution >= 0.6 is 11.3 Å². The second kappa shape index (κ2) is 9.79. The number of halogens is 1. The zero-order chi connectivity index (χ0) is 23.5. The fourth-order valence-electron chi connectivity index (χ4n) is 4.13. The topological polar surface area (TPSA) is 64.5 Å². The fraction of sp³-hybridized carbons (Fsp3) is 0.231. The van der Waals surface area contributed by atoms with Crippen LogP contribution in [-0.4, -0.2) is 52.7 Å². The zero-order valence-corrected chi connectivity index (χ0v) is 19.7. The molecule has 1 aliphatic heterocycles. The summed E-state index contributed by atoms with van der Waals surface area (Å²) in [5.41, 5.74) is 4.31. The van der Waals surface area contributed by atoms with Crippen LogP contribution in [0.2, 0.25) is 0 Å². The van der Waals surface area contributed by atoms with Gasteiger partial charge in [-0.05, 0) is 49.0 Å². The van der Waals surface area contributed by atoms with Gasteiger partial charge in [0.2, 0.25) is 0 Å². The highest BCUT2D eigenvalue weighted by Crippen LogP contribution is 2.33. The van der Waals surface area contributed by atoms with Crippen LogP contribution in [0.1, 0.15) is 18.1 Å². The van der Waals surface area contributed by atoms with Crippen molar-refractivity contribution in [2.75, 3.05) is 42.9 Å². The number of benzene rings is 2. The standard InChI is InChI=1S/C26H26FN5OS/c1-2-31-11-13-32(14-12-31)22-8-6-21(7-9-22)30-26-25-24(28-17-29-26)19(16-34-25)4-3-18-15-20(27)5-10-23(18)33/h3-10,15-17,33H,2,11-14H2,1H3,(H,28,29,30). The van der Waals surface area contributed by atoms with E-state index in [2.05, 4.69) is 56.3 Å². The van der Waals surface area contributed by atoms with Gasteiger partial charge in [-0.2, -0.15) is 0 Å². The first-order chi connectivity index (χ1) is 16.6. The molecule has 2 aromatic heterocycles. The number of hydrogen-bond donors (Lipinski definition) is 2. The molecule has 3 heterocycles. The Kier molecular flexibility index (Phi) is 6.42. The maximum atomic E-state index is 13.5. The highest BCUT2D eigenvalue weighted by molar-refractivity contribution is 7.18. The molecule has 0 radical (unpaired) electrons. The molecule has 0 bridgehead atoms. The smallest absolute Gasteiger partial charge is 0.151 e. The summed E-state index contributed by atoms with van der Waals surface area (Å²) in [5, 5.41) is 15.4. The molecule has 0 atom stereocenters. The lowest BCUT2D eigenvalue weighted by Crippen LogP contribution is -2.46. The minimum Gasteiger partial charge on any atom is -0.507 e. The summed E-state index contributed by atoms with van der Waals surface area (Å²) in [6, 6.07) is 12.3. The number of likely N-dealkylation sites (N-methyl/N-ethyl adjacent to an activating group) is 1. The molecule has 1 aliphatic rings. The molecule has 0 saturated carbocycles. The van der Waals surface area contributed by atoms with Gasteiger partial charge in [-0.15, -0.1) is 11.3 Å². The third kappa shape index (κ3) is 4.73. The molecule has 0 spiro atoms. The first-order valence-electron chi connectivity index (χ1n) is 11.3. The number of aromatic nitrogens is 2. The Morgan fingerprint density at radius 3 is 2.56 bits per heavy atom. The van der Waals surface area contributed by atoms with Crippen molar-refractivity contribution in [1.82, 2.24) is 14.9 Å². The van der Waals surface area contributed by atoms with Crippen molar-refractivity contribution in [2.45, 2.75) is 6.92 Å². The molecule has 4 aromatic rings. The number of nitrogens with one attached hydrogen (secondary N) is 1. The third-order valence-electron chi connectivity index (χ3n) is 6.13. The Bertz CT molecular complexity index is 1310. The zero-order valence-electron chi connectivity index (χ0n) is 18.9. The second-order valence-electron chi connectivity index (χ2n) is 8.22. The van der Waals surface area contributed by atoms with Gasteiger partial charge in [-0.1, -0.05) is 19.1 Å². The molecule has 174 valence electrons. The predicted molar refractivity (Wildman–Crippen MR) is 138 cm³/mol. The molecule has 6 nitrogen and oxygen atoms in total. The number of hydrogen-bond acceptors (Lipinski definition) is 7. The predicted octanol–water partition coefficient (Wildman–Crippen LogP) is 5.59. The van der Waals surface area contributed by atoms with Gasteiger partial charge in [0.15, 0.2) is 5.82 Å². The lowest BCUT2D eigenvalue weighted by molar-refractivity contribution is 0.271. The van der Waals surface area contributed by atoms with E-state index in [1.54, 1.807) is 17.4 Å². The molecule has 1 fully saturated rings. The largest absolute Gasteiger partial charge is 0.507 e. The number of fused-ring (bicyclic) bond motifs is 1. The van der Waals surface area contributed by atoms with Gasteiger partial charge in [0, 0.05) is 54.1 Å². The van der Waals surface area contributed by atoms with E-state index < -0.39 is 5.82 Å². The number of phenols is 1. The van der Waals surface area contributed by atoms with Gasteiger partial charge >= 0.3 is 0 Å². The lowest BCUT2D eigenvalue weighted by atomic mass is 10.1. The van der Waals surface area contributed by atoms with Crippen LogP contribution in [-0.2, 0) is 0 Å². The van der Waals surface area contributed by atoms with E-state index in [-0.39, 0.29) is 5.75 Å². The lowest BCUT2D eigenvalue weighted by Gasteiger charge is -2.35. The summed E-state index contributed by atoms with van der Waals surface area (Å²) in [5.74, 6) is 0.382. The fourth-order valence-corrected chi connectivity index (χ4v) is 5.06. The van der Waals surface area contributed by atoms with E-state index in [0.29, 0.717) is 5.56 Å². The number of anilines is 3. The monoisotopic (exact) mass is 475 g/mol. The van der Waals surface area contributed by atoms with Gasteiger partial charge in [-0.3, -0.25) is 0 Å². The van der Waals surface area contributed by atoms with Crippen molar-refractivity contribution >= 4 is 50.9 Å². The quantitative estimate of drug-likeness (QED) is 0.379. The van der Waals surface area contributed by atoms with Crippen molar-refractivity contribution in [2.24, 2.45) is 0 Å². The van der Waals surface area contributed by atoms with Crippen LogP contribution in [0.25, 0.3) is 22.4 Å². The molecular weight excluding hydrogens is 449 g/mol. The molecule has 5 rings (SSSR count). The second-order valence-corrected chi connectivity index (χ2v) is 9.10. The van der Waals surface area contributed by atoms with Crippen molar-refractivity contribution in [3.63, 3.8) is 0 Å². The molecular formula is C26H26FN5OS. The van der Waals surface area contributed by atoms with Crippen LogP contribution in [0.15, 0.2) is 54.2 Å². The van der Waals surface area contributed by atoms with E-state index in [9.17, 15) is 9.50 Å². The Balaban J connectivity index is 1.32. The van der Waals surface area contributed by atoms with E-state index in [1.807, 2.05) is 11.5 Å². The number of thiophene rings is 1. The van der Waals surface area contributed by atoms with Gasteiger partial charge < -0.3 is 20.2 Å². The Morgan fingerprint density at radius 1 is 1.03 bits per heavy atom. The first kappa shape index (κ1) is 22.3. The molecule has 0 amide bonds. The molecule has 0 aliphatic carbocycles. The number of nitrogens with zero attached hydrogens (tertiary/aromatic N) is 4. The Labute approximate surface area is 202 Å². The van der Waals surface area contributed by atoms with Crippen LogP contribution in [0.4, 0.5) is 21.6 Å². The molecule has 2 aromatic carbocycles. The summed E-state index contributed by atoms with van der Waals surface area (Å²) in [7, 11) is 0. The van der Waals surface area contributed by atoms with Crippen molar-refractivity contribution in [3.8, 4) is 5.75 Å². The maximum absolute atomic E-state index is 13.5. The molecule has 1 saturated heterocycles. The highest BCUT2D eigenvalue weighted by atomic mass is 32.1. The van der Waals surface area contributed by atoms with Gasteiger partial charge in [0.05, 0.1) is 10.2 Å². The number of aromatic hydroxyl groups is 1. The normalized spacial score (nSPS) is 14.8. The average molecular weight is 476 g/mol. The van der Waals surface area contributed by atoms with E-state index in [4.69, 9.17) is 0 Å². The minimum atomic E-state index is -0.393. The number of phenolic OH excluding ortho intramolecular Hbond substituents is 1. The first-order valence-corrected chi connectivity index (χ1v) is 12.2. The molecule has 8 heteroatoms. The van der Waals surface area contributed by atoms with Crippen molar-refractivity contribution < 1.29 is 9.50 Å². The Morgan fingerprint density at radius 2 is 1.79 bits per heavy atom. The minimum absolute atomic E-state index is 0.0323. The summed E-state index contributed by atoms with van der Waals surface area (Å²) < 4.78 is 14.4. The van der Waals surface area contributed by atoms with Crippen LogP contribution in [0.5, 0.6) is 5.75 Å². The average Bonchev–Trinajstić information content (AvgIpc) is 3.29.